The standard InChI is InChI=1S/C18H23ClN4O/c1-12-4-3-5-15(8-12)18(24)20-9-14-6-7-23(10-14)11-16-17(19)13(2)21-22-16/h3-5,8,14H,6-7,9-11H2,1-2H3,(H,20,24)(H,21,22)/t14-/m0/s1. The van der Waals surface area contributed by atoms with Crippen molar-refractivity contribution in [3.8, 4) is 0 Å². The van der Waals surface area contributed by atoms with Crippen LogP contribution < -0.4 is 5.32 Å². The molecule has 24 heavy (non-hydrogen) atoms. The van der Waals surface area contributed by atoms with E-state index in [1.807, 2.05) is 38.1 Å². The molecule has 2 N–H and O–H groups in total. The van der Waals surface area contributed by atoms with E-state index in [-0.39, 0.29) is 5.91 Å². The number of carbonyl (C=O) groups excluding carboxylic acids is 1. The van der Waals surface area contributed by atoms with E-state index in [9.17, 15) is 4.79 Å². The minimum Gasteiger partial charge on any atom is -0.352 e. The van der Waals surface area contributed by atoms with Crippen LogP contribution in [0.15, 0.2) is 24.3 Å². The quantitative estimate of drug-likeness (QED) is 0.875. The van der Waals surface area contributed by atoms with E-state index in [2.05, 4.69) is 20.4 Å². The Morgan fingerprint density at radius 2 is 2.29 bits per heavy atom. The van der Waals surface area contributed by atoms with Crippen LogP contribution in [0.1, 0.15) is 33.7 Å². The van der Waals surface area contributed by atoms with Crippen molar-refractivity contribution >= 4 is 17.5 Å². The number of aromatic amines is 1. The van der Waals surface area contributed by atoms with Gasteiger partial charge in [-0.3, -0.25) is 14.8 Å². The molecule has 0 saturated carbocycles. The summed E-state index contributed by atoms with van der Waals surface area (Å²) < 4.78 is 0. The Bertz CT molecular complexity index is 728. The number of H-pyrrole nitrogens is 1. The maximum Gasteiger partial charge on any atom is 0.251 e. The molecule has 0 spiro atoms. The van der Waals surface area contributed by atoms with Gasteiger partial charge in [0.15, 0.2) is 0 Å². The lowest BCUT2D eigenvalue weighted by Crippen LogP contribution is -2.31. The fraction of sp³-hybridized carbons (Fsp3) is 0.444. The summed E-state index contributed by atoms with van der Waals surface area (Å²) in [5.41, 5.74) is 3.64. The third-order valence-electron chi connectivity index (χ3n) is 4.52. The number of likely N-dealkylation sites (tertiary alicyclic amines) is 1. The molecule has 3 rings (SSSR count). The molecule has 1 saturated heterocycles. The van der Waals surface area contributed by atoms with Crippen LogP contribution >= 0.6 is 11.6 Å². The largest absolute Gasteiger partial charge is 0.352 e. The lowest BCUT2D eigenvalue weighted by molar-refractivity contribution is 0.0947. The maximum absolute atomic E-state index is 12.2. The van der Waals surface area contributed by atoms with Gasteiger partial charge in [-0.05, 0) is 44.9 Å². The number of hydrogen-bond donors (Lipinski definition) is 2. The molecule has 0 radical (unpaired) electrons. The summed E-state index contributed by atoms with van der Waals surface area (Å²) >= 11 is 6.23. The first-order chi connectivity index (χ1) is 11.5. The molecule has 6 heteroatoms. The summed E-state index contributed by atoms with van der Waals surface area (Å²) in [6.45, 7) is 7.34. The van der Waals surface area contributed by atoms with E-state index in [0.717, 1.165) is 53.6 Å². The molecule has 0 aliphatic carbocycles. The first-order valence-electron chi connectivity index (χ1n) is 8.29. The minimum atomic E-state index is 0.00289. The second kappa shape index (κ2) is 7.36. The molecule has 0 unspecified atom stereocenters. The Hall–Kier alpha value is -1.85. The van der Waals surface area contributed by atoms with E-state index in [1.165, 1.54) is 0 Å². The molecule has 1 fully saturated rings. The van der Waals surface area contributed by atoms with Crippen molar-refractivity contribution < 1.29 is 4.79 Å². The Morgan fingerprint density at radius 1 is 1.46 bits per heavy atom. The van der Waals surface area contributed by atoms with Crippen molar-refractivity contribution in [3.05, 3.63) is 51.8 Å². The number of aromatic nitrogens is 2. The number of carbonyl (C=O) groups is 1. The Labute approximate surface area is 147 Å². The highest BCUT2D eigenvalue weighted by Crippen LogP contribution is 2.22. The average Bonchev–Trinajstić information content (AvgIpc) is 3.14. The monoisotopic (exact) mass is 346 g/mol. The second-order valence-corrected chi connectivity index (χ2v) is 6.96. The number of halogens is 1. The average molecular weight is 347 g/mol. The zero-order valence-electron chi connectivity index (χ0n) is 14.1. The zero-order valence-corrected chi connectivity index (χ0v) is 14.9. The molecular formula is C18H23ClN4O. The van der Waals surface area contributed by atoms with Gasteiger partial charge in [-0.2, -0.15) is 5.10 Å². The van der Waals surface area contributed by atoms with Crippen molar-refractivity contribution in [1.29, 1.82) is 0 Å². The van der Waals surface area contributed by atoms with E-state index < -0.39 is 0 Å². The lowest BCUT2D eigenvalue weighted by atomic mass is 10.1. The van der Waals surface area contributed by atoms with Gasteiger partial charge in [-0.1, -0.05) is 29.3 Å². The van der Waals surface area contributed by atoms with Gasteiger partial charge < -0.3 is 5.32 Å². The van der Waals surface area contributed by atoms with Crippen LogP contribution in [-0.4, -0.2) is 40.6 Å². The van der Waals surface area contributed by atoms with Gasteiger partial charge in [0.1, 0.15) is 0 Å². The zero-order chi connectivity index (χ0) is 17.1. The minimum absolute atomic E-state index is 0.00289. The number of aryl methyl sites for hydroxylation is 2. The van der Waals surface area contributed by atoms with Crippen LogP contribution in [0.4, 0.5) is 0 Å². The fourth-order valence-electron chi connectivity index (χ4n) is 3.13. The van der Waals surface area contributed by atoms with Crippen LogP contribution in [0.2, 0.25) is 5.02 Å². The maximum atomic E-state index is 12.2. The smallest absolute Gasteiger partial charge is 0.251 e. The van der Waals surface area contributed by atoms with E-state index in [0.29, 0.717) is 12.5 Å². The topological polar surface area (TPSA) is 61.0 Å². The summed E-state index contributed by atoms with van der Waals surface area (Å²) in [4.78, 5) is 14.6. The number of nitrogens with one attached hydrogen (secondary N) is 2. The van der Waals surface area contributed by atoms with E-state index >= 15 is 0 Å². The predicted molar refractivity (Wildman–Crippen MR) is 95.2 cm³/mol. The van der Waals surface area contributed by atoms with Crippen LogP contribution in [0.25, 0.3) is 0 Å². The third-order valence-corrected chi connectivity index (χ3v) is 5.02. The van der Waals surface area contributed by atoms with Gasteiger partial charge in [-0.25, -0.2) is 0 Å². The summed E-state index contributed by atoms with van der Waals surface area (Å²) in [7, 11) is 0. The van der Waals surface area contributed by atoms with Crippen LogP contribution in [0.3, 0.4) is 0 Å². The van der Waals surface area contributed by atoms with E-state index in [1.54, 1.807) is 0 Å². The highest BCUT2D eigenvalue weighted by molar-refractivity contribution is 6.31. The molecule has 1 aliphatic heterocycles. The lowest BCUT2D eigenvalue weighted by Gasteiger charge is -2.15. The molecule has 0 bridgehead atoms. The van der Waals surface area contributed by atoms with Gasteiger partial charge >= 0.3 is 0 Å². The number of nitrogens with zero attached hydrogens (tertiary/aromatic N) is 2. The molecule has 2 aromatic rings. The number of benzene rings is 1. The molecule has 1 atom stereocenters. The first-order valence-corrected chi connectivity index (χ1v) is 8.67. The van der Waals surface area contributed by atoms with Crippen LogP contribution in [-0.2, 0) is 6.54 Å². The fourth-order valence-corrected chi connectivity index (χ4v) is 3.28. The molecule has 1 aromatic heterocycles. The number of amides is 1. The molecule has 1 aromatic carbocycles. The second-order valence-electron chi connectivity index (χ2n) is 6.58. The predicted octanol–water partition coefficient (Wildman–Crippen LogP) is 2.93. The third kappa shape index (κ3) is 3.97. The van der Waals surface area contributed by atoms with Crippen molar-refractivity contribution in [2.75, 3.05) is 19.6 Å². The van der Waals surface area contributed by atoms with Crippen LogP contribution in [0, 0.1) is 19.8 Å². The summed E-state index contributed by atoms with van der Waals surface area (Å²) in [6.07, 6.45) is 1.08. The van der Waals surface area contributed by atoms with Gasteiger partial charge in [0.2, 0.25) is 0 Å². The molecule has 5 nitrogen and oxygen atoms in total. The number of rotatable bonds is 5. The van der Waals surface area contributed by atoms with Gasteiger partial charge in [0.25, 0.3) is 5.91 Å². The molecule has 1 amide bonds. The molecule has 2 heterocycles. The van der Waals surface area contributed by atoms with Crippen molar-refractivity contribution in [2.24, 2.45) is 5.92 Å². The van der Waals surface area contributed by atoms with Crippen molar-refractivity contribution in [2.45, 2.75) is 26.8 Å². The van der Waals surface area contributed by atoms with Crippen molar-refractivity contribution in [3.63, 3.8) is 0 Å². The summed E-state index contributed by atoms with van der Waals surface area (Å²) in [5, 5.41) is 11.0. The summed E-state index contributed by atoms with van der Waals surface area (Å²) in [6, 6.07) is 7.67. The normalized spacial score (nSPS) is 18.0. The molecule has 128 valence electrons. The molecule has 1 aliphatic rings. The number of hydrogen-bond acceptors (Lipinski definition) is 3. The first kappa shape index (κ1) is 17.0. The van der Waals surface area contributed by atoms with E-state index in [4.69, 9.17) is 11.6 Å². The van der Waals surface area contributed by atoms with Crippen LogP contribution in [0.5, 0.6) is 0 Å². The highest BCUT2D eigenvalue weighted by atomic mass is 35.5. The molecular weight excluding hydrogens is 324 g/mol. The SMILES string of the molecule is Cc1cccc(C(=O)NC[C@@H]2CCN(Cc3n[nH]c(C)c3Cl)C2)c1. The van der Waals surface area contributed by atoms with Gasteiger partial charge in [-0.15, -0.1) is 0 Å². The van der Waals surface area contributed by atoms with Crippen molar-refractivity contribution in [1.82, 2.24) is 20.4 Å². The Kier molecular flexibility index (Phi) is 5.21. The Balaban J connectivity index is 1.48. The Morgan fingerprint density at radius 3 is 3.00 bits per heavy atom. The summed E-state index contributed by atoms with van der Waals surface area (Å²) in [5.74, 6) is 0.473. The van der Waals surface area contributed by atoms with Gasteiger partial charge in [0.05, 0.1) is 16.4 Å². The van der Waals surface area contributed by atoms with Gasteiger partial charge in [0, 0.05) is 25.2 Å². The highest BCUT2D eigenvalue weighted by Gasteiger charge is 2.24.